The van der Waals surface area contributed by atoms with Crippen LogP contribution in [0.1, 0.15) is 10.4 Å². The van der Waals surface area contributed by atoms with E-state index in [4.69, 9.17) is 4.42 Å². The molecule has 126 valence electrons. The largest absolute Gasteiger partial charge is 1.00 e. The van der Waals surface area contributed by atoms with Gasteiger partial charge in [-0.3, -0.25) is 0 Å². The Balaban J connectivity index is 0.00000156. The van der Waals surface area contributed by atoms with Crippen LogP contribution < -0.4 is 56.1 Å². The monoisotopic (exact) mass is 378 g/mol. The van der Waals surface area contributed by atoms with E-state index in [-0.39, 0.29) is 84.9 Å². The third-order valence-corrected chi connectivity index (χ3v) is 3.20. The predicted octanol–water partition coefficient (Wildman–Crippen LogP) is 1.37. The molecule has 9 heteroatoms. The van der Waals surface area contributed by atoms with E-state index < -0.39 is 18.4 Å². The molecule has 0 spiro atoms. The molecule has 3 aromatic rings. The van der Waals surface area contributed by atoms with Crippen LogP contribution in [0.5, 0.6) is 5.75 Å². The zero-order valence-electron chi connectivity index (χ0n) is 12.9. The maximum Gasteiger partial charge on any atom is 1.00 e. The first-order valence-corrected chi connectivity index (χ1v) is 6.46. The first kappa shape index (κ1) is 21.7. The Morgan fingerprint density at radius 3 is 2.32 bits per heavy atom. The van der Waals surface area contributed by atoms with Crippen LogP contribution in [0.3, 0.4) is 0 Å². The van der Waals surface area contributed by atoms with Gasteiger partial charge in [0.1, 0.15) is 28.5 Å². The van der Waals surface area contributed by atoms with Crippen LogP contribution in [0, 0.1) is 5.82 Å². The van der Waals surface area contributed by atoms with Crippen molar-refractivity contribution in [1.29, 1.82) is 0 Å². The van der Waals surface area contributed by atoms with Gasteiger partial charge >= 0.3 is 64.0 Å². The SMILES string of the molecule is O=C(O)c1c(-c2ccc(F)cc2)oc2ccc(OC(F)F)cc12.[K+].[OH-]. The Labute approximate surface area is 182 Å². The average molecular weight is 378 g/mol. The van der Waals surface area contributed by atoms with Crippen LogP contribution in [0.4, 0.5) is 13.2 Å². The van der Waals surface area contributed by atoms with Crippen LogP contribution >= 0.6 is 0 Å². The number of carboxylic acid groups (broad SMARTS) is 1. The Bertz CT molecular complexity index is 877. The number of hydrogen-bond acceptors (Lipinski definition) is 4. The minimum Gasteiger partial charge on any atom is -0.870 e. The van der Waals surface area contributed by atoms with Crippen molar-refractivity contribution >= 4 is 16.9 Å². The minimum atomic E-state index is -3.02. The number of carboxylic acids is 1. The fourth-order valence-electron chi connectivity index (χ4n) is 2.27. The van der Waals surface area contributed by atoms with E-state index in [9.17, 15) is 23.1 Å². The van der Waals surface area contributed by atoms with E-state index in [0.29, 0.717) is 5.56 Å². The van der Waals surface area contributed by atoms with E-state index in [0.717, 1.165) is 0 Å². The van der Waals surface area contributed by atoms with Crippen molar-refractivity contribution in [3.63, 3.8) is 0 Å². The molecule has 0 saturated carbocycles. The molecule has 25 heavy (non-hydrogen) atoms. The number of fused-ring (bicyclic) bond motifs is 1. The Kier molecular flexibility index (Phi) is 7.66. The van der Waals surface area contributed by atoms with Crippen LogP contribution in [0.15, 0.2) is 46.9 Å². The molecule has 0 radical (unpaired) electrons. The van der Waals surface area contributed by atoms with Gasteiger partial charge in [-0.05, 0) is 42.5 Å². The predicted molar refractivity (Wildman–Crippen MR) is 77.1 cm³/mol. The molecule has 0 fully saturated rings. The first-order chi connectivity index (χ1) is 11.0. The van der Waals surface area contributed by atoms with Crippen molar-refractivity contribution < 1.29 is 89.1 Å². The number of aromatic carboxylic acids is 1. The number of ether oxygens (including phenoxy) is 1. The summed E-state index contributed by atoms with van der Waals surface area (Å²) in [5, 5.41) is 9.54. The molecule has 0 atom stereocenters. The van der Waals surface area contributed by atoms with Gasteiger partial charge in [-0.25, -0.2) is 9.18 Å². The van der Waals surface area contributed by atoms with Crippen LogP contribution in [-0.4, -0.2) is 23.2 Å². The third-order valence-electron chi connectivity index (χ3n) is 3.20. The van der Waals surface area contributed by atoms with E-state index in [1.165, 1.54) is 42.5 Å². The van der Waals surface area contributed by atoms with Gasteiger partial charge in [0.15, 0.2) is 0 Å². The molecule has 0 saturated heterocycles. The maximum atomic E-state index is 13.0. The van der Waals surface area contributed by atoms with Crippen LogP contribution in [0.2, 0.25) is 0 Å². The quantitative estimate of drug-likeness (QED) is 0.693. The van der Waals surface area contributed by atoms with Crippen molar-refractivity contribution in [3.05, 3.63) is 53.8 Å². The summed E-state index contributed by atoms with van der Waals surface area (Å²) in [6, 6.07) is 8.83. The smallest absolute Gasteiger partial charge is 0.870 e. The van der Waals surface area contributed by atoms with Crippen molar-refractivity contribution in [2.75, 3.05) is 0 Å². The average Bonchev–Trinajstić information content (AvgIpc) is 2.86. The second kappa shape index (κ2) is 8.83. The summed E-state index contributed by atoms with van der Waals surface area (Å²) in [5.41, 5.74) is 0.353. The summed E-state index contributed by atoms with van der Waals surface area (Å²) < 4.78 is 47.4. The molecule has 0 amide bonds. The number of furan rings is 1. The van der Waals surface area contributed by atoms with Crippen LogP contribution in [0.25, 0.3) is 22.3 Å². The van der Waals surface area contributed by atoms with Gasteiger partial charge < -0.3 is 19.7 Å². The number of halogens is 3. The summed E-state index contributed by atoms with van der Waals surface area (Å²) in [6.07, 6.45) is 0. The fourth-order valence-corrected chi connectivity index (χ4v) is 2.27. The number of alkyl halides is 2. The summed E-state index contributed by atoms with van der Waals surface area (Å²) in [7, 11) is 0. The number of carbonyl (C=O) groups is 1. The normalized spacial score (nSPS) is 10.2. The Morgan fingerprint density at radius 1 is 1.12 bits per heavy atom. The molecule has 0 aliphatic carbocycles. The third kappa shape index (κ3) is 4.63. The molecular formula is C16H10F3KO5. The second-order valence-electron chi connectivity index (χ2n) is 4.65. The zero-order chi connectivity index (χ0) is 16.6. The Hall–Kier alpha value is -1.36. The van der Waals surface area contributed by atoms with Gasteiger partial charge in [-0.15, -0.1) is 0 Å². The molecule has 2 aromatic carbocycles. The molecule has 0 aliphatic rings. The summed E-state index contributed by atoms with van der Waals surface area (Å²) in [6.45, 7) is -3.02. The number of benzene rings is 2. The Morgan fingerprint density at radius 2 is 1.76 bits per heavy atom. The molecule has 5 nitrogen and oxygen atoms in total. The van der Waals surface area contributed by atoms with Crippen molar-refractivity contribution in [1.82, 2.24) is 0 Å². The van der Waals surface area contributed by atoms with Gasteiger partial charge in [-0.1, -0.05) is 0 Å². The van der Waals surface area contributed by atoms with Crippen molar-refractivity contribution in [3.8, 4) is 17.1 Å². The maximum absolute atomic E-state index is 13.0. The number of rotatable bonds is 4. The molecule has 1 heterocycles. The van der Waals surface area contributed by atoms with E-state index in [1.807, 2.05) is 0 Å². The van der Waals surface area contributed by atoms with Gasteiger partial charge in [0.2, 0.25) is 0 Å². The van der Waals surface area contributed by atoms with E-state index >= 15 is 0 Å². The molecule has 0 unspecified atom stereocenters. The summed E-state index contributed by atoms with van der Waals surface area (Å²) >= 11 is 0. The first-order valence-electron chi connectivity index (χ1n) is 6.46. The zero-order valence-corrected chi connectivity index (χ0v) is 16.0. The van der Waals surface area contributed by atoms with Gasteiger partial charge in [0.25, 0.3) is 0 Å². The summed E-state index contributed by atoms with van der Waals surface area (Å²) in [4.78, 5) is 11.5. The topological polar surface area (TPSA) is 89.7 Å². The molecule has 0 aliphatic heterocycles. The molecule has 0 bridgehead atoms. The molecule has 2 N–H and O–H groups in total. The fraction of sp³-hybridized carbons (Fsp3) is 0.0625. The van der Waals surface area contributed by atoms with Crippen molar-refractivity contribution in [2.24, 2.45) is 0 Å². The second-order valence-corrected chi connectivity index (χ2v) is 4.65. The molecular weight excluding hydrogens is 368 g/mol. The van der Waals surface area contributed by atoms with E-state index in [1.54, 1.807) is 0 Å². The molecule has 3 rings (SSSR count). The van der Waals surface area contributed by atoms with E-state index in [2.05, 4.69) is 4.74 Å². The minimum absolute atomic E-state index is 0. The van der Waals surface area contributed by atoms with Crippen LogP contribution in [-0.2, 0) is 0 Å². The van der Waals surface area contributed by atoms with Gasteiger partial charge in [-0.2, -0.15) is 8.78 Å². The van der Waals surface area contributed by atoms with Gasteiger partial charge in [0.05, 0.1) is 0 Å². The summed E-state index contributed by atoms with van der Waals surface area (Å²) in [5.74, 6) is -1.94. The van der Waals surface area contributed by atoms with Gasteiger partial charge in [0, 0.05) is 10.9 Å². The number of hydrogen-bond donors (Lipinski definition) is 1. The molecule has 1 aromatic heterocycles. The standard InChI is InChI=1S/C16H9F3O4.K.H2O/c17-9-3-1-8(2-4-9)14-13(15(20)21)11-7-10(22-16(18)19)5-6-12(11)23-14;;/h1-7,16H,(H,20,21);;1H2/q;+1;/p-1. The van der Waals surface area contributed by atoms with Crippen molar-refractivity contribution in [2.45, 2.75) is 6.61 Å².